The molecule has 3 rings (SSSR count). The van der Waals surface area contributed by atoms with Crippen molar-refractivity contribution in [3.05, 3.63) is 64.7 Å². The molecule has 1 heterocycles. The highest BCUT2D eigenvalue weighted by atomic mass is 79.9. The van der Waals surface area contributed by atoms with Gasteiger partial charge in [0.1, 0.15) is 0 Å². The normalized spacial score (nSPS) is 13.6. The number of ketones is 1. The van der Waals surface area contributed by atoms with Crippen molar-refractivity contribution >= 4 is 57.0 Å². The molecule has 0 saturated heterocycles. The van der Waals surface area contributed by atoms with E-state index in [-0.39, 0.29) is 29.3 Å². The highest BCUT2D eigenvalue weighted by molar-refractivity contribution is 8.93. The lowest BCUT2D eigenvalue weighted by Gasteiger charge is -2.27. The number of hydrogen-bond donors (Lipinski definition) is 0. The van der Waals surface area contributed by atoms with Crippen molar-refractivity contribution in [1.29, 1.82) is 0 Å². The maximum atomic E-state index is 12.7. The number of hydrogen-bond acceptors (Lipinski definition) is 4. The first-order chi connectivity index (χ1) is 11.6. The van der Waals surface area contributed by atoms with Gasteiger partial charge in [-0.1, -0.05) is 35.5 Å². The van der Waals surface area contributed by atoms with Crippen LogP contribution in [0.2, 0.25) is 5.02 Å². The molecule has 3 nitrogen and oxygen atoms in total. The molecule has 0 bridgehead atoms. The van der Waals surface area contributed by atoms with E-state index < -0.39 is 0 Å². The van der Waals surface area contributed by atoms with Crippen molar-refractivity contribution in [3.8, 4) is 0 Å². The van der Waals surface area contributed by atoms with Crippen molar-refractivity contribution in [2.45, 2.75) is 13.3 Å². The minimum Gasteiger partial charge on any atom is -0.313 e. The average molecular weight is 440 g/mol. The summed E-state index contributed by atoms with van der Waals surface area (Å²) in [6.45, 7) is 3.15. The van der Waals surface area contributed by atoms with Gasteiger partial charge in [-0.15, -0.1) is 17.0 Å². The van der Waals surface area contributed by atoms with E-state index in [0.29, 0.717) is 10.6 Å². The Morgan fingerprint density at radius 1 is 1.24 bits per heavy atom. The van der Waals surface area contributed by atoms with Crippen molar-refractivity contribution in [1.82, 2.24) is 0 Å². The van der Waals surface area contributed by atoms with Gasteiger partial charge >= 0.3 is 0 Å². The highest BCUT2D eigenvalue weighted by Crippen LogP contribution is 2.24. The Morgan fingerprint density at radius 3 is 2.64 bits per heavy atom. The molecule has 1 aliphatic rings. The van der Waals surface area contributed by atoms with E-state index in [0.717, 1.165) is 35.1 Å². The Hall–Kier alpha value is -1.30. The number of anilines is 1. The van der Waals surface area contributed by atoms with E-state index >= 15 is 0 Å². The molecule has 0 radical (unpaired) electrons. The van der Waals surface area contributed by atoms with E-state index in [1.54, 1.807) is 36.0 Å². The smallest absolute Gasteiger partial charge is 0.182 e. The lowest BCUT2D eigenvalue weighted by molar-refractivity contribution is 0.100. The number of amidine groups is 1. The van der Waals surface area contributed by atoms with Crippen LogP contribution in [-0.2, 0) is 0 Å². The second kappa shape index (κ2) is 9.41. The molecule has 0 aromatic heterocycles. The van der Waals surface area contributed by atoms with Crippen LogP contribution in [0.25, 0.3) is 0 Å². The number of rotatable bonds is 4. The number of carbonyl (C=O) groups is 1. The molecule has 0 saturated carbocycles. The fourth-order valence-electron chi connectivity index (χ4n) is 2.55. The molecule has 2 aromatic rings. The van der Waals surface area contributed by atoms with Crippen LogP contribution in [0.3, 0.4) is 0 Å². The molecule has 0 fully saturated rings. The van der Waals surface area contributed by atoms with Gasteiger partial charge in [0.05, 0.1) is 6.54 Å². The Labute approximate surface area is 168 Å². The number of benzene rings is 2. The van der Waals surface area contributed by atoms with Gasteiger partial charge < -0.3 is 4.90 Å². The molecule has 0 aliphatic carbocycles. The molecule has 132 valence electrons. The van der Waals surface area contributed by atoms with Crippen molar-refractivity contribution < 1.29 is 4.79 Å². The minimum absolute atomic E-state index is 0. The fourth-order valence-corrected chi connectivity index (χ4v) is 3.64. The maximum Gasteiger partial charge on any atom is 0.182 e. The lowest BCUT2D eigenvalue weighted by atomic mass is 10.1. The van der Waals surface area contributed by atoms with Crippen LogP contribution in [-0.4, -0.2) is 29.8 Å². The molecule has 0 amide bonds. The number of carbonyl (C=O) groups excluding carboxylic acids is 1. The monoisotopic (exact) mass is 438 g/mol. The molecule has 1 aliphatic heterocycles. The van der Waals surface area contributed by atoms with Crippen LogP contribution in [0, 0.1) is 6.92 Å². The van der Waals surface area contributed by atoms with Gasteiger partial charge in [0.25, 0.3) is 0 Å². The Balaban J connectivity index is 0.00000225. The fraction of sp³-hybridized carbons (Fsp3) is 0.263. The lowest BCUT2D eigenvalue weighted by Crippen LogP contribution is -2.35. The SMILES string of the molecule is Br.Cc1cccc(N(CC(=O)c2ccc(Cl)cc2)C2=NCCCS2)c1. The highest BCUT2D eigenvalue weighted by Gasteiger charge is 2.20. The average Bonchev–Trinajstić information content (AvgIpc) is 2.61. The molecule has 2 aromatic carbocycles. The van der Waals surface area contributed by atoms with Crippen LogP contribution < -0.4 is 4.90 Å². The molecule has 0 unspecified atom stereocenters. The summed E-state index contributed by atoms with van der Waals surface area (Å²) in [5.74, 6) is 1.10. The summed E-state index contributed by atoms with van der Waals surface area (Å²) in [7, 11) is 0. The van der Waals surface area contributed by atoms with E-state index in [1.807, 2.05) is 17.0 Å². The van der Waals surface area contributed by atoms with Gasteiger partial charge in [-0.2, -0.15) is 0 Å². The van der Waals surface area contributed by atoms with Crippen molar-refractivity contribution in [2.24, 2.45) is 4.99 Å². The Morgan fingerprint density at radius 2 is 2.00 bits per heavy atom. The van der Waals surface area contributed by atoms with Gasteiger partial charge in [-0.25, -0.2) is 0 Å². The molecule has 25 heavy (non-hydrogen) atoms. The van der Waals surface area contributed by atoms with E-state index in [1.165, 1.54) is 0 Å². The summed E-state index contributed by atoms with van der Waals surface area (Å²) < 4.78 is 0. The number of thioether (sulfide) groups is 1. The van der Waals surface area contributed by atoms with Crippen molar-refractivity contribution in [3.63, 3.8) is 0 Å². The molecule has 0 atom stereocenters. The molecule has 0 N–H and O–H groups in total. The molecule has 0 spiro atoms. The quantitative estimate of drug-likeness (QED) is 0.597. The van der Waals surface area contributed by atoms with Gasteiger partial charge in [-0.3, -0.25) is 9.79 Å². The third-order valence-corrected chi connectivity index (χ3v) is 5.15. The molecular formula is C19H20BrClN2OS. The summed E-state index contributed by atoms with van der Waals surface area (Å²) in [5, 5.41) is 1.56. The zero-order valence-electron chi connectivity index (χ0n) is 13.9. The van der Waals surface area contributed by atoms with Gasteiger partial charge in [0.2, 0.25) is 0 Å². The van der Waals surface area contributed by atoms with Gasteiger partial charge in [0.15, 0.2) is 11.0 Å². The summed E-state index contributed by atoms with van der Waals surface area (Å²) in [6, 6.07) is 15.2. The topological polar surface area (TPSA) is 32.7 Å². The first kappa shape index (κ1) is 20.0. The maximum absolute atomic E-state index is 12.7. The van der Waals surface area contributed by atoms with E-state index in [2.05, 4.69) is 24.0 Å². The summed E-state index contributed by atoms with van der Waals surface area (Å²) in [5.41, 5.74) is 2.83. The number of halogens is 2. The third kappa shape index (κ3) is 5.33. The minimum atomic E-state index is 0. The zero-order chi connectivity index (χ0) is 16.9. The summed E-state index contributed by atoms with van der Waals surface area (Å²) >= 11 is 7.63. The second-order valence-electron chi connectivity index (χ2n) is 5.72. The van der Waals surface area contributed by atoms with Gasteiger partial charge in [-0.05, 0) is 55.3 Å². The first-order valence-electron chi connectivity index (χ1n) is 7.94. The first-order valence-corrected chi connectivity index (χ1v) is 9.30. The zero-order valence-corrected chi connectivity index (χ0v) is 17.2. The van der Waals surface area contributed by atoms with E-state index in [4.69, 9.17) is 11.6 Å². The Kier molecular flexibility index (Phi) is 7.54. The van der Waals surface area contributed by atoms with Crippen LogP contribution in [0.1, 0.15) is 22.3 Å². The number of aliphatic imine (C=N–C) groups is 1. The Bertz CT molecular complexity index is 764. The number of nitrogens with zero attached hydrogens (tertiary/aromatic N) is 2. The van der Waals surface area contributed by atoms with Gasteiger partial charge in [0, 0.05) is 28.6 Å². The predicted molar refractivity (Wildman–Crippen MR) is 114 cm³/mol. The predicted octanol–water partition coefficient (Wildman–Crippen LogP) is 5.41. The third-order valence-electron chi connectivity index (χ3n) is 3.79. The van der Waals surface area contributed by atoms with Crippen molar-refractivity contribution in [2.75, 3.05) is 23.7 Å². The molecular weight excluding hydrogens is 420 g/mol. The van der Waals surface area contributed by atoms with Crippen LogP contribution >= 0.6 is 40.3 Å². The summed E-state index contributed by atoms with van der Waals surface area (Å²) in [6.07, 6.45) is 1.08. The number of Topliss-reactive ketones (excluding diaryl/α,β-unsaturated/α-hetero) is 1. The molecule has 6 heteroatoms. The van der Waals surface area contributed by atoms with E-state index in [9.17, 15) is 4.79 Å². The van der Waals surface area contributed by atoms with Crippen LogP contribution in [0.15, 0.2) is 53.5 Å². The van der Waals surface area contributed by atoms with Crippen LogP contribution in [0.4, 0.5) is 5.69 Å². The standard InChI is InChI=1S/C19H19ClN2OS.BrH/c1-14-4-2-5-17(12-14)22(19-21-10-3-11-24-19)13-18(23)15-6-8-16(20)9-7-15;/h2,4-9,12H,3,10-11,13H2,1H3;1H. The van der Waals surface area contributed by atoms with Crippen LogP contribution in [0.5, 0.6) is 0 Å². The number of aryl methyl sites for hydroxylation is 1. The summed E-state index contributed by atoms with van der Waals surface area (Å²) in [4.78, 5) is 19.4. The second-order valence-corrected chi connectivity index (χ2v) is 7.22. The largest absolute Gasteiger partial charge is 0.313 e.